The third-order valence-electron chi connectivity index (χ3n) is 4.17. The summed E-state index contributed by atoms with van der Waals surface area (Å²) in [5, 5.41) is 12.2. The molecule has 2 aromatic carbocycles. The van der Waals surface area contributed by atoms with E-state index in [1.165, 1.54) is 10.9 Å². The molecule has 0 aliphatic carbocycles. The van der Waals surface area contributed by atoms with Gasteiger partial charge in [-0.2, -0.15) is 10.2 Å². The van der Waals surface area contributed by atoms with Crippen LogP contribution in [0.5, 0.6) is 11.5 Å². The molecule has 1 N–H and O–H groups in total. The number of amides is 1. The van der Waals surface area contributed by atoms with Crippen molar-refractivity contribution in [2.24, 2.45) is 0 Å². The van der Waals surface area contributed by atoms with Crippen molar-refractivity contribution in [3.8, 4) is 11.5 Å². The molecular formula is C21H16BrCl2N5O3. The lowest BCUT2D eigenvalue weighted by molar-refractivity contribution is 0.102. The van der Waals surface area contributed by atoms with Gasteiger partial charge in [0.05, 0.1) is 23.1 Å². The highest BCUT2D eigenvalue weighted by atomic mass is 79.9. The molecule has 2 aromatic heterocycles. The predicted molar refractivity (Wildman–Crippen MR) is 124 cm³/mol. The van der Waals surface area contributed by atoms with E-state index in [0.29, 0.717) is 27.2 Å². The molecule has 0 fully saturated rings. The van der Waals surface area contributed by atoms with Gasteiger partial charge in [-0.05, 0) is 42.5 Å². The lowest BCUT2D eigenvalue weighted by atomic mass is 10.3. The highest BCUT2D eigenvalue weighted by Crippen LogP contribution is 2.27. The minimum atomic E-state index is -0.374. The van der Waals surface area contributed by atoms with Gasteiger partial charge in [0.1, 0.15) is 11.5 Å². The summed E-state index contributed by atoms with van der Waals surface area (Å²) < 4.78 is 15.2. The molecule has 0 aliphatic heterocycles. The van der Waals surface area contributed by atoms with Gasteiger partial charge in [0.2, 0.25) is 0 Å². The number of carbonyl (C=O) groups excluding carboxylic acids is 1. The van der Waals surface area contributed by atoms with Gasteiger partial charge in [-0.1, -0.05) is 45.2 Å². The third kappa shape index (κ3) is 5.82. The molecule has 4 rings (SSSR count). The van der Waals surface area contributed by atoms with Crippen molar-refractivity contribution < 1.29 is 14.3 Å². The van der Waals surface area contributed by atoms with E-state index in [1.54, 1.807) is 59.5 Å². The Morgan fingerprint density at radius 1 is 1.06 bits per heavy atom. The molecule has 2 heterocycles. The van der Waals surface area contributed by atoms with E-state index in [4.69, 9.17) is 32.7 Å². The molecule has 0 unspecified atom stereocenters. The summed E-state index contributed by atoms with van der Waals surface area (Å²) in [4.78, 5) is 12.5. The first-order valence-electron chi connectivity index (χ1n) is 9.30. The van der Waals surface area contributed by atoms with Crippen LogP contribution in [0, 0.1) is 0 Å². The summed E-state index contributed by atoms with van der Waals surface area (Å²) in [7, 11) is 0. The maximum atomic E-state index is 12.5. The molecule has 8 nitrogen and oxygen atoms in total. The number of hydrogen-bond acceptors (Lipinski definition) is 5. The van der Waals surface area contributed by atoms with Gasteiger partial charge >= 0.3 is 0 Å². The lowest BCUT2D eigenvalue weighted by Gasteiger charge is -2.08. The van der Waals surface area contributed by atoms with Gasteiger partial charge in [-0.3, -0.25) is 4.79 Å². The van der Waals surface area contributed by atoms with Crippen LogP contribution in [-0.2, 0) is 13.5 Å². The lowest BCUT2D eigenvalue weighted by Crippen LogP contribution is -2.14. The summed E-state index contributed by atoms with van der Waals surface area (Å²) in [5.41, 5.74) is 0.746. The molecular weight excluding hydrogens is 521 g/mol. The van der Waals surface area contributed by atoms with Crippen LogP contribution < -0.4 is 14.8 Å². The summed E-state index contributed by atoms with van der Waals surface area (Å²) >= 11 is 15.4. The molecule has 0 aliphatic rings. The molecule has 0 spiro atoms. The van der Waals surface area contributed by atoms with Gasteiger partial charge in [-0.15, -0.1) is 0 Å². The zero-order valence-electron chi connectivity index (χ0n) is 16.4. The second-order valence-corrected chi connectivity index (χ2v) is 8.30. The number of nitrogens with one attached hydrogen (secondary N) is 1. The molecule has 11 heteroatoms. The first-order chi connectivity index (χ1) is 15.5. The van der Waals surface area contributed by atoms with Crippen LogP contribution in [0.4, 0.5) is 5.69 Å². The maximum Gasteiger partial charge on any atom is 0.276 e. The number of anilines is 1. The van der Waals surface area contributed by atoms with Crippen molar-refractivity contribution in [2.45, 2.75) is 13.5 Å². The monoisotopic (exact) mass is 535 g/mol. The highest BCUT2D eigenvalue weighted by molar-refractivity contribution is 9.10. The maximum absolute atomic E-state index is 12.5. The molecule has 1 amide bonds. The van der Waals surface area contributed by atoms with E-state index in [9.17, 15) is 4.79 Å². The fraction of sp³-hybridized carbons (Fsp3) is 0.0952. The number of halogens is 3. The smallest absolute Gasteiger partial charge is 0.276 e. The van der Waals surface area contributed by atoms with Crippen LogP contribution >= 0.6 is 39.1 Å². The number of ether oxygens (including phenoxy) is 2. The first-order valence-corrected chi connectivity index (χ1v) is 10.8. The standard InChI is InChI=1S/C21H16BrCl2N5O3/c22-14-4-5-20(18(24)8-14)32-12-28-7-6-19(27-28)21(30)26-16-10-25-29(11-16)13-31-17-3-1-2-15(23)9-17/h1-11H,12-13H2,(H,26,30). The molecule has 164 valence electrons. The minimum absolute atomic E-state index is 0.105. The van der Waals surface area contributed by atoms with E-state index in [0.717, 1.165) is 4.47 Å². The topological polar surface area (TPSA) is 83.2 Å². The van der Waals surface area contributed by atoms with Crippen molar-refractivity contribution in [2.75, 3.05) is 5.32 Å². The van der Waals surface area contributed by atoms with Crippen LogP contribution in [-0.4, -0.2) is 25.5 Å². The number of hydrogen-bond donors (Lipinski definition) is 1. The van der Waals surface area contributed by atoms with Crippen LogP contribution in [0.2, 0.25) is 10.0 Å². The number of benzene rings is 2. The Bertz CT molecular complexity index is 1240. The summed E-state index contributed by atoms with van der Waals surface area (Å²) in [6.45, 7) is 0.272. The molecule has 0 saturated carbocycles. The number of rotatable bonds is 8. The van der Waals surface area contributed by atoms with Gasteiger partial charge in [0.15, 0.2) is 19.2 Å². The normalized spacial score (nSPS) is 10.7. The molecule has 0 saturated heterocycles. The van der Waals surface area contributed by atoms with Crippen LogP contribution in [0.15, 0.2) is 71.6 Å². The summed E-state index contributed by atoms with van der Waals surface area (Å²) in [6.07, 6.45) is 4.82. The van der Waals surface area contributed by atoms with Gasteiger partial charge in [0.25, 0.3) is 5.91 Å². The fourth-order valence-corrected chi connectivity index (χ4v) is 3.58. The zero-order valence-corrected chi connectivity index (χ0v) is 19.5. The Labute approximate surface area is 201 Å². The van der Waals surface area contributed by atoms with Crippen molar-refractivity contribution in [3.63, 3.8) is 0 Å². The third-order valence-corrected chi connectivity index (χ3v) is 5.19. The largest absolute Gasteiger partial charge is 0.471 e. The SMILES string of the molecule is O=C(Nc1cnn(COc2cccc(Cl)c2)c1)c1ccn(COc2ccc(Br)cc2Cl)n1. The minimum Gasteiger partial charge on any atom is -0.471 e. The molecule has 32 heavy (non-hydrogen) atoms. The molecule has 0 radical (unpaired) electrons. The van der Waals surface area contributed by atoms with E-state index >= 15 is 0 Å². The first kappa shape index (κ1) is 22.2. The Kier molecular flexibility index (Phi) is 6.99. The molecule has 0 atom stereocenters. The van der Waals surface area contributed by atoms with E-state index in [1.807, 2.05) is 6.07 Å². The van der Waals surface area contributed by atoms with E-state index in [-0.39, 0.29) is 25.1 Å². The van der Waals surface area contributed by atoms with Gasteiger partial charge in [0, 0.05) is 15.7 Å². The Morgan fingerprint density at radius 3 is 2.72 bits per heavy atom. The van der Waals surface area contributed by atoms with E-state index < -0.39 is 0 Å². The molecule has 0 bridgehead atoms. The average molecular weight is 537 g/mol. The fourth-order valence-electron chi connectivity index (χ4n) is 2.67. The number of carbonyl (C=O) groups is 1. The Morgan fingerprint density at radius 2 is 1.91 bits per heavy atom. The Balaban J connectivity index is 1.30. The van der Waals surface area contributed by atoms with Crippen molar-refractivity contribution in [1.82, 2.24) is 19.6 Å². The second-order valence-electron chi connectivity index (χ2n) is 6.54. The highest BCUT2D eigenvalue weighted by Gasteiger charge is 2.12. The van der Waals surface area contributed by atoms with Gasteiger partial charge in [-0.25, -0.2) is 9.36 Å². The quantitative estimate of drug-likeness (QED) is 0.322. The summed E-state index contributed by atoms with van der Waals surface area (Å²) in [5.74, 6) is 0.764. The number of nitrogens with zero attached hydrogens (tertiary/aromatic N) is 4. The van der Waals surface area contributed by atoms with E-state index in [2.05, 4.69) is 31.4 Å². The van der Waals surface area contributed by atoms with Crippen LogP contribution in [0.25, 0.3) is 0 Å². The Hall–Kier alpha value is -3.01. The molecule has 4 aromatic rings. The zero-order chi connectivity index (χ0) is 22.5. The van der Waals surface area contributed by atoms with Crippen LogP contribution in [0.1, 0.15) is 10.5 Å². The summed E-state index contributed by atoms with van der Waals surface area (Å²) in [6, 6.07) is 14.0. The van der Waals surface area contributed by atoms with Crippen molar-refractivity contribution in [1.29, 1.82) is 0 Å². The second kappa shape index (κ2) is 10.1. The predicted octanol–water partition coefficient (Wildman–Crippen LogP) is 5.47. The number of aromatic nitrogens is 4. The van der Waals surface area contributed by atoms with Crippen molar-refractivity contribution >= 4 is 50.7 Å². The van der Waals surface area contributed by atoms with Gasteiger partial charge < -0.3 is 14.8 Å². The van der Waals surface area contributed by atoms with Crippen molar-refractivity contribution in [3.05, 3.63) is 87.3 Å². The average Bonchev–Trinajstić information content (AvgIpc) is 3.41. The van der Waals surface area contributed by atoms with Crippen LogP contribution in [0.3, 0.4) is 0 Å².